The number of halogens is 1. The SMILES string of the molecule is Cc1nc(NCc2ccc(Oc3ccc4ncc([N+](=O)[O-])n4n3)cc2)c(Cl)c(C)[n+]1OS(C)(=O)=O. The van der Waals surface area contributed by atoms with E-state index in [0.717, 1.165) is 27.3 Å². The minimum atomic E-state index is -3.75. The molecule has 0 saturated carbocycles. The lowest BCUT2D eigenvalue weighted by Gasteiger charge is -2.09. The summed E-state index contributed by atoms with van der Waals surface area (Å²) in [6, 6.07) is 10.2. The Morgan fingerprint density at radius 2 is 1.91 bits per heavy atom. The molecular weight excluding hydrogens is 502 g/mol. The van der Waals surface area contributed by atoms with E-state index in [1.165, 1.54) is 0 Å². The van der Waals surface area contributed by atoms with Crippen molar-refractivity contribution in [2.45, 2.75) is 20.4 Å². The maximum atomic E-state index is 11.5. The average Bonchev–Trinajstić information content (AvgIpc) is 3.22. The predicted octanol–water partition coefficient (Wildman–Crippen LogP) is 2.38. The zero-order valence-corrected chi connectivity index (χ0v) is 20.2. The summed E-state index contributed by atoms with van der Waals surface area (Å²) in [6.45, 7) is 3.58. The van der Waals surface area contributed by atoms with Gasteiger partial charge >= 0.3 is 21.8 Å². The van der Waals surface area contributed by atoms with E-state index in [1.807, 2.05) is 12.1 Å². The Morgan fingerprint density at radius 1 is 1.20 bits per heavy atom. The van der Waals surface area contributed by atoms with Crippen LogP contribution in [0.1, 0.15) is 17.1 Å². The molecule has 0 aliphatic carbocycles. The summed E-state index contributed by atoms with van der Waals surface area (Å²) in [4.78, 5) is 18.7. The third kappa shape index (κ3) is 5.38. The second-order valence-corrected chi connectivity index (χ2v) is 9.33. The van der Waals surface area contributed by atoms with E-state index < -0.39 is 15.0 Å². The van der Waals surface area contributed by atoms with Crippen LogP contribution in [0.5, 0.6) is 11.6 Å². The van der Waals surface area contributed by atoms with Crippen molar-refractivity contribution in [2.24, 2.45) is 0 Å². The summed E-state index contributed by atoms with van der Waals surface area (Å²) in [7, 11) is -3.75. The number of nitrogens with zero attached hydrogens (tertiary/aromatic N) is 6. The highest BCUT2D eigenvalue weighted by Gasteiger charge is 2.25. The Morgan fingerprint density at radius 3 is 2.57 bits per heavy atom. The number of hydrogen-bond acceptors (Lipinski definition) is 10. The van der Waals surface area contributed by atoms with Crippen LogP contribution in [-0.4, -0.2) is 39.2 Å². The Balaban J connectivity index is 1.45. The molecule has 13 nitrogen and oxygen atoms in total. The van der Waals surface area contributed by atoms with Crippen LogP contribution in [0, 0.1) is 24.0 Å². The van der Waals surface area contributed by atoms with Gasteiger partial charge in [0.05, 0.1) is 6.26 Å². The molecular formula is C20H19ClN7O6S+. The molecule has 3 aromatic heterocycles. The molecule has 15 heteroatoms. The molecule has 0 unspecified atom stereocenters. The summed E-state index contributed by atoms with van der Waals surface area (Å²) in [6.07, 6.45) is 2.06. The highest BCUT2D eigenvalue weighted by atomic mass is 35.5. The number of benzene rings is 1. The largest absolute Gasteiger partial charge is 0.436 e. The maximum absolute atomic E-state index is 11.5. The van der Waals surface area contributed by atoms with Crippen LogP contribution in [0.3, 0.4) is 0 Å². The van der Waals surface area contributed by atoms with Crippen LogP contribution < -0.4 is 19.1 Å². The third-order valence-corrected chi connectivity index (χ3v) is 5.59. The summed E-state index contributed by atoms with van der Waals surface area (Å²) >= 11 is 6.35. The van der Waals surface area contributed by atoms with Gasteiger partial charge in [-0.15, -0.1) is 0 Å². The van der Waals surface area contributed by atoms with Gasteiger partial charge in [-0.25, -0.2) is 9.27 Å². The van der Waals surface area contributed by atoms with Gasteiger partial charge in [0.1, 0.15) is 11.9 Å². The Bertz CT molecular complexity index is 1540. The van der Waals surface area contributed by atoms with E-state index in [4.69, 9.17) is 20.6 Å². The molecule has 0 radical (unpaired) electrons. The molecule has 35 heavy (non-hydrogen) atoms. The fourth-order valence-electron chi connectivity index (χ4n) is 3.13. The predicted molar refractivity (Wildman–Crippen MR) is 124 cm³/mol. The first-order valence-electron chi connectivity index (χ1n) is 10.0. The van der Waals surface area contributed by atoms with Crippen LogP contribution in [0.15, 0.2) is 42.6 Å². The lowest BCUT2D eigenvalue weighted by atomic mass is 10.2. The topological polar surface area (TPSA) is 155 Å². The van der Waals surface area contributed by atoms with E-state index in [-0.39, 0.29) is 16.7 Å². The first-order valence-corrected chi connectivity index (χ1v) is 12.2. The monoisotopic (exact) mass is 520 g/mol. The molecule has 1 N–H and O–H groups in total. The normalized spacial score (nSPS) is 11.4. The summed E-state index contributed by atoms with van der Waals surface area (Å²) in [5, 5.41) is 18.5. The lowest BCUT2D eigenvalue weighted by molar-refractivity contribution is -0.866. The minimum Gasteiger partial charge on any atom is -0.436 e. The van der Waals surface area contributed by atoms with Gasteiger partial charge in [-0.05, 0) is 37.4 Å². The van der Waals surface area contributed by atoms with E-state index in [0.29, 0.717) is 35.3 Å². The number of nitro groups is 1. The van der Waals surface area contributed by atoms with Gasteiger partial charge in [0.2, 0.25) is 5.65 Å². The second-order valence-electron chi connectivity index (χ2n) is 7.39. The van der Waals surface area contributed by atoms with Crippen molar-refractivity contribution in [3.63, 3.8) is 0 Å². The van der Waals surface area contributed by atoms with E-state index in [1.54, 1.807) is 38.1 Å². The van der Waals surface area contributed by atoms with Gasteiger partial charge in [-0.2, -0.15) is 8.42 Å². The third-order valence-electron chi connectivity index (χ3n) is 4.72. The fraction of sp³-hybridized carbons (Fsp3) is 0.200. The minimum absolute atomic E-state index is 0.167. The zero-order chi connectivity index (χ0) is 25.3. The number of aryl methyl sites for hydroxylation is 1. The Kier molecular flexibility index (Phi) is 6.41. The van der Waals surface area contributed by atoms with Gasteiger partial charge in [-0.3, -0.25) is 0 Å². The quantitative estimate of drug-likeness (QED) is 0.208. The number of hydrogen-bond donors (Lipinski definition) is 1. The van der Waals surface area contributed by atoms with Crippen LogP contribution in [-0.2, 0) is 16.7 Å². The molecule has 0 atom stereocenters. The molecule has 0 amide bonds. The van der Waals surface area contributed by atoms with Crippen molar-refractivity contribution >= 4 is 39.0 Å². The van der Waals surface area contributed by atoms with Gasteiger partial charge in [0.15, 0.2) is 10.7 Å². The van der Waals surface area contributed by atoms with E-state index in [9.17, 15) is 18.5 Å². The fourth-order valence-corrected chi connectivity index (χ4v) is 3.80. The van der Waals surface area contributed by atoms with Gasteiger partial charge < -0.3 is 20.2 Å². The number of anilines is 1. The number of imidazole rings is 1. The molecule has 1 aromatic carbocycles. The summed E-state index contributed by atoms with van der Waals surface area (Å²) in [5.74, 6) is 1.05. The molecule has 3 heterocycles. The van der Waals surface area contributed by atoms with Gasteiger partial charge in [0, 0.05) is 32.5 Å². The smallest absolute Gasteiger partial charge is 0.368 e. The van der Waals surface area contributed by atoms with Crippen LogP contribution in [0.25, 0.3) is 5.65 Å². The first-order chi connectivity index (χ1) is 16.5. The number of nitrogens with one attached hydrogen (secondary N) is 1. The Hall–Kier alpha value is -4.04. The summed E-state index contributed by atoms with van der Waals surface area (Å²) in [5.41, 5.74) is 1.58. The number of aromatic nitrogens is 5. The Labute approximate surface area is 204 Å². The van der Waals surface area contributed by atoms with Crippen LogP contribution in [0.4, 0.5) is 11.6 Å². The molecule has 0 aliphatic heterocycles. The molecule has 4 aromatic rings. The first kappa shape index (κ1) is 24.1. The van der Waals surface area contributed by atoms with Gasteiger partial charge in [-0.1, -0.05) is 28.2 Å². The highest BCUT2D eigenvalue weighted by Crippen LogP contribution is 2.24. The van der Waals surface area contributed by atoms with Crippen molar-refractivity contribution in [1.82, 2.24) is 19.6 Å². The number of rotatable bonds is 8. The molecule has 0 fully saturated rings. The van der Waals surface area contributed by atoms with E-state index in [2.05, 4.69) is 20.4 Å². The van der Waals surface area contributed by atoms with Crippen molar-refractivity contribution in [3.05, 3.63) is 74.8 Å². The van der Waals surface area contributed by atoms with Crippen molar-refractivity contribution in [1.29, 1.82) is 0 Å². The zero-order valence-electron chi connectivity index (χ0n) is 18.7. The molecule has 0 saturated heterocycles. The van der Waals surface area contributed by atoms with Gasteiger partial charge in [0.25, 0.3) is 11.7 Å². The standard InChI is InChI=1S/C20H18ClN7O6S/c1-12-19(21)20(24-13(2)27(12)34-35(3,31)32)23-10-14-4-6-15(7-5-14)33-17-9-8-16-22-11-18(28(29)30)26(16)25-17/h4-9,11H,10H2,1-3H3/p+1. The molecule has 182 valence electrons. The lowest BCUT2D eigenvalue weighted by Crippen LogP contribution is -2.51. The molecule has 4 rings (SSSR count). The van der Waals surface area contributed by atoms with Crippen LogP contribution in [0.2, 0.25) is 5.02 Å². The van der Waals surface area contributed by atoms with Crippen molar-refractivity contribution in [2.75, 3.05) is 11.6 Å². The number of ether oxygens (including phenoxy) is 1. The van der Waals surface area contributed by atoms with Crippen molar-refractivity contribution in [3.8, 4) is 11.6 Å². The second kappa shape index (κ2) is 9.31. The molecule has 0 aliphatic rings. The van der Waals surface area contributed by atoms with Crippen molar-refractivity contribution < 1.29 is 27.1 Å². The summed E-state index contributed by atoms with van der Waals surface area (Å²) < 4.78 is 35.7. The number of fused-ring (bicyclic) bond motifs is 1. The molecule has 0 bridgehead atoms. The van der Waals surface area contributed by atoms with Crippen LogP contribution >= 0.6 is 11.6 Å². The maximum Gasteiger partial charge on any atom is 0.368 e. The highest BCUT2D eigenvalue weighted by molar-refractivity contribution is 7.86. The molecule has 0 spiro atoms. The average molecular weight is 521 g/mol. The van der Waals surface area contributed by atoms with E-state index >= 15 is 0 Å².